The van der Waals surface area contributed by atoms with Crippen LogP contribution in [0.5, 0.6) is 11.5 Å². The number of benzene rings is 2. The Balaban J connectivity index is 2.12. The highest BCUT2D eigenvalue weighted by atomic mass is 16.5. The molecule has 2 aromatic rings. The molecule has 128 valence electrons. The Hall–Kier alpha value is -2.82. The van der Waals surface area contributed by atoms with Crippen LogP contribution in [0.3, 0.4) is 0 Å². The number of rotatable bonds is 2. The minimum absolute atomic E-state index is 0.0357. The molecule has 0 bridgehead atoms. The minimum Gasteiger partial charge on any atom is -0.493 e. The Bertz CT molecular complexity index is 903. The van der Waals surface area contributed by atoms with Crippen molar-refractivity contribution < 1.29 is 19.1 Å². The molecule has 1 aliphatic heterocycles. The van der Waals surface area contributed by atoms with E-state index >= 15 is 0 Å². The lowest BCUT2D eigenvalue weighted by atomic mass is 9.75. The minimum atomic E-state index is -0.592. The van der Waals surface area contributed by atoms with Crippen LogP contribution in [0.4, 0.5) is 0 Å². The number of methoxy groups -OCH3 is 2. The fourth-order valence-corrected chi connectivity index (χ4v) is 4.05. The molecule has 0 saturated carbocycles. The standard InChI is InChI=1S/C20H19NO4/c1-11(22)21-9-8-12-10-15(24-2)20(25-3)17-13-6-4-5-7-14(13)19(23)18(21)16(12)17/h4-7,10,18H,8-9H2,1-3H3. The Labute approximate surface area is 146 Å². The third-order valence-corrected chi connectivity index (χ3v) is 5.12. The maximum Gasteiger partial charge on any atom is 0.220 e. The SMILES string of the molecule is COc1cc2c3c(c1OC)-c1ccccc1C(=O)C3N(C(C)=O)CC2. The molecular formula is C20H19NO4. The van der Waals surface area contributed by atoms with Gasteiger partial charge in [-0.15, -0.1) is 0 Å². The van der Waals surface area contributed by atoms with Crippen molar-refractivity contribution in [2.45, 2.75) is 19.4 Å². The van der Waals surface area contributed by atoms with Gasteiger partial charge in [0, 0.05) is 24.6 Å². The Kier molecular flexibility index (Phi) is 3.53. The van der Waals surface area contributed by atoms with Crippen molar-refractivity contribution in [3.8, 4) is 22.6 Å². The quantitative estimate of drug-likeness (QED) is 0.845. The molecule has 4 rings (SSSR count). The molecule has 1 heterocycles. The number of hydrogen-bond acceptors (Lipinski definition) is 4. The monoisotopic (exact) mass is 337 g/mol. The Morgan fingerprint density at radius 1 is 1.16 bits per heavy atom. The van der Waals surface area contributed by atoms with Gasteiger partial charge in [0.15, 0.2) is 17.3 Å². The Morgan fingerprint density at radius 3 is 2.52 bits per heavy atom. The van der Waals surface area contributed by atoms with Gasteiger partial charge < -0.3 is 14.4 Å². The predicted molar refractivity (Wildman–Crippen MR) is 93.1 cm³/mol. The molecule has 1 atom stereocenters. The molecule has 0 fully saturated rings. The van der Waals surface area contributed by atoms with Crippen LogP contribution in [0, 0.1) is 0 Å². The number of carbonyl (C=O) groups excluding carboxylic acids is 2. The van der Waals surface area contributed by atoms with Gasteiger partial charge in [0.05, 0.1) is 14.2 Å². The zero-order chi connectivity index (χ0) is 17.7. The summed E-state index contributed by atoms with van der Waals surface area (Å²) in [6, 6.07) is 8.83. The molecule has 25 heavy (non-hydrogen) atoms. The molecule has 2 aromatic carbocycles. The fourth-order valence-electron chi connectivity index (χ4n) is 4.05. The van der Waals surface area contributed by atoms with E-state index in [1.54, 1.807) is 19.1 Å². The predicted octanol–water partition coefficient (Wildman–Crippen LogP) is 3.01. The molecule has 0 N–H and O–H groups in total. The summed E-state index contributed by atoms with van der Waals surface area (Å²) in [5.74, 6) is 1.13. The van der Waals surface area contributed by atoms with E-state index in [-0.39, 0.29) is 11.7 Å². The third kappa shape index (κ3) is 2.08. The van der Waals surface area contributed by atoms with Crippen LogP contribution in [0.25, 0.3) is 11.1 Å². The van der Waals surface area contributed by atoms with Gasteiger partial charge in [-0.25, -0.2) is 0 Å². The molecular weight excluding hydrogens is 318 g/mol. The van der Waals surface area contributed by atoms with Crippen molar-refractivity contribution in [2.24, 2.45) is 0 Å². The molecule has 0 aromatic heterocycles. The van der Waals surface area contributed by atoms with Gasteiger partial charge in [-0.1, -0.05) is 24.3 Å². The number of ether oxygens (including phenoxy) is 2. The van der Waals surface area contributed by atoms with E-state index in [0.29, 0.717) is 30.0 Å². The average molecular weight is 337 g/mol. The molecule has 1 aliphatic carbocycles. The van der Waals surface area contributed by atoms with Crippen molar-refractivity contribution in [2.75, 3.05) is 20.8 Å². The summed E-state index contributed by atoms with van der Waals surface area (Å²) in [7, 11) is 3.21. The summed E-state index contributed by atoms with van der Waals surface area (Å²) in [6.07, 6.45) is 0.689. The van der Waals surface area contributed by atoms with Crippen LogP contribution in [-0.2, 0) is 11.2 Å². The summed E-state index contributed by atoms with van der Waals surface area (Å²) in [4.78, 5) is 27.0. The highest BCUT2D eigenvalue weighted by Gasteiger charge is 2.43. The van der Waals surface area contributed by atoms with Crippen molar-refractivity contribution in [3.63, 3.8) is 0 Å². The van der Waals surface area contributed by atoms with Gasteiger partial charge in [-0.3, -0.25) is 9.59 Å². The van der Waals surface area contributed by atoms with Gasteiger partial charge >= 0.3 is 0 Å². The van der Waals surface area contributed by atoms with E-state index in [1.807, 2.05) is 30.3 Å². The molecule has 0 spiro atoms. The lowest BCUT2D eigenvalue weighted by Crippen LogP contribution is -2.44. The van der Waals surface area contributed by atoms with Gasteiger partial charge in [0.25, 0.3) is 0 Å². The largest absolute Gasteiger partial charge is 0.493 e. The topological polar surface area (TPSA) is 55.8 Å². The van der Waals surface area contributed by atoms with Crippen molar-refractivity contribution in [1.82, 2.24) is 4.90 Å². The highest BCUT2D eigenvalue weighted by Crippen LogP contribution is 2.52. The molecule has 5 heteroatoms. The van der Waals surface area contributed by atoms with Crippen LogP contribution in [0.15, 0.2) is 30.3 Å². The van der Waals surface area contributed by atoms with E-state index < -0.39 is 6.04 Å². The van der Waals surface area contributed by atoms with E-state index in [4.69, 9.17) is 9.47 Å². The maximum absolute atomic E-state index is 13.2. The van der Waals surface area contributed by atoms with Crippen molar-refractivity contribution >= 4 is 11.7 Å². The van der Waals surface area contributed by atoms with Crippen LogP contribution < -0.4 is 9.47 Å². The lowest BCUT2D eigenvalue weighted by Gasteiger charge is -2.40. The van der Waals surface area contributed by atoms with Crippen molar-refractivity contribution in [1.29, 1.82) is 0 Å². The number of carbonyl (C=O) groups is 2. The van der Waals surface area contributed by atoms with Gasteiger partial charge in [-0.05, 0) is 29.2 Å². The first kappa shape index (κ1) is 15.7. The summed E-state index contributed by atoms with van der Waals surface area (Å²) in [6.45, 7) is 2.04. The van der Waals surface area contributed by atoms with Gasteiger partial charge in [0.2, 0.25) is 5.91 Å². The summed E-state index contributed by atoms with van der Waals surface area (Å²) < 4.78 is 11.2. The molecule has 5 nitrogen and oxygen atoms in total. The van der Waals surface area contributed by atoms with E-state index in [1.165, 1.54) is 6.92 Å². The van der Waals surface area contributed by atoms with E-state index in [9.17, 15) is 9.59 Å². The first-order valence-corrected chi connectivity index (χ1v) is 8.27. The molecule has 1 unspecified atom stereocenters. The number of fused-ring (bicyclic) bond motifs is 2. The first-order valence-electron chi connectivity index (χ1n) is 8.27. The second-order valence-corrected chi connectivity index (χ2v) is 6.33. The maximum atomic E-state index is 13.2. The van der Waals surface area contributed by atoms with Gasteiger partial charge in [-0.2, -0.15) is 0 Å². The van der Waals surface area contributed by atoms with Crippen LogP contribution in [0.2, 0.25) is 0 Å². The number of Topliss-reactive ketones (excluding diaryl/α,β-unsaturated/α-hetero) is 1. The lowest BCUT2D eigenvalue weighted by molar-refractivity contribution is -0.130. The van der Waals surface area contributed by atoms with Crippen LogP contribution >= 0.6 is 0 Å². The first-order chi connectivity index (χ1) is 12.1. The molecule has 2 aliphatic rings. The van der Waals surface area contributed by atoms with E-state index in [2.05, 4.69) is 0 Å². The van der Waals surface area contributed by atoms with Crippen molar-refractivity contribution in [3.05, 3.63) is 47.0 Å². The highest BCUT2D eigenvalue weighted by molar-refractivity contribution is 6.12. The molecule has 0 saturated heterocycles. The molecule has 0 radical (unpaired) electrons. The second-order valence-electron chi connectivity index (χ2n) is 6.33. The zero-order valence-electron chi connectivity index (χ0n) is 14.5. The summed E-state index contributed by atoms with van der Waals surface area (Å²) >= 11 is 0. The second kappa shape index (κ2) is 5.62. The number of ketones is 1. The van der Waals surface area contributed by atoms with Crippen LogP contribution in [0.1, 0.15) is 34.5 Å². The number of nitrogens with zero attached hydrogens (tertiary/aromatic N) is 1. The third-order valence-electron chi connectivity index (χ3n) is 5.12. The molecule has 1 amide bonds. The fraction of sp³-hybridized carbons (Fsp3) is 0.300. The smallest absolute Gasteiger partial charge is 0.220 e. The summed E-state index contributed by atoms with van der Waals surface area (Å²) in [5.41, 5.74) is 4.23. The number of hydrogen-bond donors (Lipinski definition) is 0. The van der Waals surface area contributed by atoms with Crippen LogP contribution in [-0.4, -0.2) is 37.4 Å². The normalized spacial score (nSPS) is 17.6. The Morgan fingerprint density at radius 2 is 1.88 bits per heavy atom. The number of amides is 1. The van der Waals surface area contributed by atoms with E-state index in [0.717, 1.165) is 22.3 Å². The summed E-state index contributed by atoms with van der Waals surface area (Å²) in [5, 5.41) is 0. The zero-order valence-corrected chi connectivity index (χ0v) is 14.5. The average Bonchev–Trinajstić information content (AvgIpc) is 2.64. The van der Waals surface area contributed by atoms with Gasteiger partial charge in [0.1, 0.15) is 6.04 Å².